The molecule has 0 spiro atoms. The van der Waals surface area contributed by atoms with Crippen molar-refractivity contribution in [3.63, 3.8) is 0 Å². The highest BCUT2D eigenvalue weighted by atomic mass is 16.5. The normalized spacial score (nSPS) is 9.79. The van der Waals surface area contributed by atoms with Gasteiger partial charge in [0.25, 0.3) is 5.91 Å². The fraction of sp³-hybridized carbons (Fsp3) is 0.250. The molecule has 0 aliphatic rings. The van der Waals surface area contributed by atoms with Crippen molar-refractivity contribution in [3.8, 4) is 11.8 Å². The Bertz CT molecular complexity index is 798. The van der Waals surface area contributed by atoms with Gasteiger partial charge in [-0.3, -0.25) is 4.79 Å². The molecular weight excluding hydrogens is 308 g/mol. The van der Waals surface area contributed by atoms with Gasteiger partial charge in [-0.15, -0.1) is 0 Å². The molecule has 0 radical (unpaired) electrons. The van der Waals surface area contributed by atoms with Crippen LogP contribution in [0.5, 0.6) is 5.75 Å². The summed E-state index contributed by atoms with van der Waals surface area (Å²) in [6, 6.07) is 7.06. The van der Waals surface area contributed by atoms with E-state index < -0.39 is 0 Å². The minimum Gasteiger partial charge on any atom is -0.495 e. The summed E-state index contributed by atoms with van der Waals surface area (Å²) < 4.78 is 5.33. The third kappa shape index (κ3) is 3.52. The van der Waals surface area contributed by atoms with Crippen molar-refractivity contribution < 1.29 is 9.53 Å². The van der Waals surface area contributed by atoms with Crippen molar-refractivity contribution in [1.29, 1.82) is 5.26 Å². The second kappa shape index (κ2) is 7.28. The summed E-state index contributed by atoms with van der Waals surface area (Å²) in [4.78, 5) is 21.8. The van der Waals surface area contributed by atoms with E-state index in [1.807, 2.05) is 6.07 Å². The zero-order chi connectivity index (χ0) is 17.7. The van der Waals surface area contributed by atoms with Crippen LogP contribution in [0.25, 0.3) is 0 Å². The number of aromatic nitrogens is 2. The second-order valence-corrected chi connectivity index (χ2v) is 5.06. The minimum atomic E-state index is -0.119. The number of anilines is 3. The first-order chi connectivity index (χ1) is 11.5. The molecule has 2 N–H and O–H groups in total. The molecule has 1 aromatic heterocycles. The van der Waals surface area contributed by atoms with Crippen LogP contribution in [0.4, 0.5) is 17.5 Å². The zero-order valence-corrected chi connectivity index (χ0v) is 13.9. The van der Waals surface area contributed by atoms with Crippen molar-refractivity contribution >= 4 is 23.4 Å². The van der Waals surface area contributed by atoms with Gasteiger partial charge < -0.3 is 20.3 Å². The number of amides is 1. The highest BCUT2D eigenvalue weighted by Gasteiger charge is 2.13. The maximum absolute atomic E-state index is 12.0. The lowest BCUT2D eigenvalue weighted by Gasteiger charge is -2.14. The average Bonchev–Trinajstić information content (AvgIpc) is 2.61. The number of carbonyl (C=O) groups excluding carboxylic acids is 1. The molecule has 0 aliphatic heterocycles. The number of nitrogens with one attached hydrogen (secondary N) is 2. The van der Waals surface area contributed by atoms with Gasteiger partial charge in [0.1, 0.15) is 23.2 Å². The van der Waals surface area contributed by atoms with Crippen LogP contribution in [0.2, 0.25) is 0 Å². The monoisotopic (exact) mass is 326 g/mol. The molecule has 0 saturated heterocycles. The molecule has 2 aromatic rings. The maximum Gasteiger partial charge on any atom is 0.253 e. The van der Waals surface area contributed by atoms with Gasteiger partial charge in [0.2, 0.25) is 5.95 Å². The number of benzene rings is 1. The summed E-state index contributed by atoms with van der Waals surface area (Å²) >= 11 is 0. The van der Waals surface area contributed by atoms with Crippen LogP contribution in [0.3, 0.4) is 0 Å². The number of rotatable bonds is 5. The van der Waals surface area contributed by atoms with Crippen LogP contribution >= 0.6 is 0 Å². The molecule has 2 rings (SSSR count). The third-order valence-corrected chi connectivity index (χ3v) is 3.25. The SMILES string of the molecule is CNc1nc(Nc2ccc(C(=O)N(C)C)cc2OC)ncc1C#N. The molecule has 1 aromatic carbocycles. The quantitative estimate of drug-likeness (QED) is 0.864. The van der Waals surface area contributed by atoms with E-state index >= 15 is 0 Å². The van der Waals surface area contributed by atoms with Gasteiger partial charge in [-0.2, -0.15) is 10.2 Å². The lowest BCUT2D eigenvalue weighted by atomic mass is 10.1. The van der Waals surface area contributed by atoms with Gasteiger partial charge in [-0.25, -0.2) is 4.98 Å². The van der Waals surface area contributed by atoms with Crippen molar-refractivity contribution in [2.45, 2.75) is 0 Å². The van der Waals surface area contributed by atoms with Crippen LogP contribution in [-0.2, 0) is 0 Å². The number of hydrogen-bond donors (Lipinski definition) is 2. The highest BCUT2D eigenvalue weighted by molar-refractivity contribution is 5.95. The number of nitrogens with zero attached hydrogens (tertiary/aromatic N) is 4. The summed E-state index contributed by atoms with van der Waals surface area (Å²) in [5.74, 6) is 1.10. The van der Waals surface area contributed by atoms with Crippen molar-refractivity contribution in [2.24, 2.45) is 0 Å². The molecule has 8 heteroatoms. The largest absolute Gasteiger partial charge is 0.495 e. The number of ether oxygens (including phenoxy) is 1. The Hall–Kier alpha value is -3.34. The molecular formula is C16H18N6O2. The molecule has 0 bridgehead atoms. The fourth-order valence-electron chi connectivity index (χ4n) is 2.02. The summed E-state index contributed by atoms with van der Waals surface area (Å²) in [5.41, 5.74) is 1.47. The molecule has 24 heavy (non-hydrogen) atoms. The Kier molecular flexibility index (Phi) is 5.16. The number of hydrogen-bond acceptors (Lipinski definition) is 7. The lowest BCUT2D eigenvalue weighted by Crippen LogP contribution is -2.21. The molecule has 1 heterocycles. The smallest absolute Gasteiger partial charge is 0.253 e. The topological polar surface area (TPSA) is 103 Å². The van der Waals surface area contributed by atoms with Gasteiger partial charge in [0, 0.05) is 26.7 Å². The van der Waals surface area contributed by atoms with E-state index in [-0.39, 0.29) is 5.91 Å². The molecule has 0 atom stereocenters. The lowest BCUT2D eigenvalue weighted by molar-refractivity contribution is 0.0827. The van der Waals surface area contributed by atoms with Gasteiger partial charge >= 0.3 is 0 Å². The van der Waals surface area contributed by atoms with E-state index in [0.29, 0.717) is 34.3 Å². The first-order valence-electron chi connectivity index (χ1n) is 7.11. The highest BCUT2D eigenvalue weighted by Crippen LogP contribution is 2.28. The molecule has 0 fully saturated rings. The summed E-state index contributed by atoms with van der Waals surface area (Å²) in [7, 11) is 6.56. The Morgan fingerprint density at radius 1 is 1.38 bits per heavy atom. The second-order valence-electron chi connectivity index (χ2n) is 5.06. The molecule has 8 nitrogen and oxygen atoms in total. The molecule has 1 amide bonds. The van der Waals surface area contributed by atoms with Crippen molar-refractivity contribution in [1.82, 2.24) is 14.9 Å². The third-order valence-electron chi connectivity index (χ3n) is 3.25. The number of methoxy groups -OCH3 is 1. The summed E-state index contributed by atoms with van der Waals surface area (Å²) in [5, 5.41) is 14.9. The van der Waals surface area contributed by atoms with Crippen LogP contribution in [0.15, 0.2) is 24.4 Å². The van der Waals surface area contributed by atoms with E-state index in [1.165, 1.54) is 18.2 Å². The Morgan fingerprint density at radius 2 is 2.12 bits per heavy atom. The van der Waals surface area contributed by atoms with Crippen LogP contribution in [0.1, 0.15) is 15.9 Å². The molecule has 0 aliphatic carbocycles. The Labute approximate surface area is 140 Å². The van der Waals surface area contributed by atoms with Crippen LogP contribution in [-0.4, -0.2) is 49.0 Å². The Balaban J connectivity index is 2.33. The van der Waals surface area contributed by atoms with Gasteiger partial charge in [-0.05, 0) is 18.2 Å². The predicted molar refractivity (Wildman–Crippen MR) is 90.6 cm³/mol. The zero-order valence-electron chi connectivity index (χ0n) is 13.9. The van der Waals surface area contributed by atoms with Crippen LogP contribution < -0.4 is 15.4 Å². The first kappa shape index (κ1) is 17.0. The van der Waals surface area contributed by atoms with Gasteiger partial charge in [0.05, 0.1) is 19.0 Å². The van der Waals surface area contributed by atoms with Gasteiger partial charge in [-0.1, -0.05) is 0 Å². The van der Waals surface area contributed by atoms with E-state index in [1.54, 1.807) is 39.3 Å². The number of nitriles is 1. The summed E-state index contributed by atoms with van der Waals surface area (Å²) in [6.45, 7) is 0. The average molecular weight is 326 g/mol. The molecule has 0 unspecified atom stereocenters. The van der Waals surface area contributed by atoms with E-state index in [4.69, 9.17) is 10.00 Å². The Morgan fingerprint density at radius 3 is 2.71 bits per heavy atom. The van der Waals surface area contributed by atoms with E-state index in [2.05, 4.69) is 20.6 Å². The predicted octanol–water partition coefficient (Wildman–Crippen LogP) is 1.84. The molecule has 124 valence electrons. The van der Waals surface area contributed by atoms with Gasteiger partial charge in [0.15, 0.2) is 0 Å². The van der Waals surface area contributed by atoms with Crippen molar-refractivity contribution in [2.75, 3.05) is 38.9 Å². The standard InChI is InChI=1S/C16H18N6O2/c1-18-14-11(8-17)9-19-16(21-14)20-12-6-5-10(7-13(12)24-4)15(23)22(2)3/h5-7,9H,1-4H3,(H2,18,19,20,21). The molecule has 0 saturated carbocycles. The van der Waals surface area contributed by atoms with E-state index in [0.717, 1.165) is 0 Å². The van der Waals surface area contributed by atoms with Crippen molar-refractivity contribution in [3.05, 3.63) is 35.5 Å². The summed E-state index contributed by atoms with van der Waals surface area (Å²) in [6.07, 6.45) is 1.43. The number of carbonyl (C=O) groups is 1. The maximum atomic E-state index is 12.0. The fourth-order valence-corrected chi connectivity index (χ4v) is 2.02. The van der Waals surface area contributed by atoms with Crippen LogP contribution in [0, 0.1) is 11.3 Å². The van der Waals surface area contributed by atoms with E-state index in [9.17, 15) is 4.79 Å². The minimum absolute atomic E-state index is 0.119. The first-order valence-corrected chi connectivity index (χ1v) is 7.11.